The van der Waals surface area contributed by atoms with Crippen LogP contribution in [0.1, 0.15) is 66.2 Å². The lowest BCUT2D eigenvalue weighted by atomic mass is 10.0. The Morgan fingerprint density at radius 1 is 0.743 bits per heavy atom. The van der Waals surface area contributed by atoms with Crippen molar-refractivity contribution in [1.29, 1.82) is 0 Å². The zero-order chi connectivity index (χ0) is 24.6. The number of hydrogen-bond donors (Lipinski definition) is 3. The molecular weight excluding hydrogens is 436 g/mol. The topological polar surface area (TPSA) is 78.4 Å². The molecule has 0 fully saturated rings. The molecule has 0 spiro atoms. The first-order valence-corrected chi connectivity index (χ1v) is 12.4. The molecule has 0 radical (unpaired) electrons. The Balaban J connectivity index is 1.44. The molecule has 2 amide bonds. The molecule has 0 saturated carbocycles. The van der Waals surface area contributed by atoms with Crippen LogP contribution >= 0.6 is 0 Å². The predicted octanol–water partition coefficient (Wildman–Crippen LogP) is 7.04. The van der Waals surface area contributed by atoms with E-state index in [1.54, 1.807) is 30.3 Å². The van der Waals surface area contributed by atoms with Crippen LogP contribution in [0.3, 0.4) is 0 Å². The van der Waals surface area contributed by atoms with Gasteiger partial charge in [-0.2, -0.15) is 0 Å². The van der Waals surface area contributed by atoms with Gasteiger partial charge < -0.3 is 15.7 Å². The fraction of sp³-hybridized carbons (Fsp3) is 0.267. The zero-order valence-corrected chi connectivity index (χ0v) is 20.1. The maximum absolute atomic E-state index is 13.1. The van der Waals surface area contributed by atoms with Crippen LogP contribution in [0.25, 0.3) is 21.5 Å². The Labute approximate surface area is 206 Å². The van der Waals surface area contributed by atoms with Crippen molar-refractivity contribution in [2.75, 3.05) is 11.9 Å². The van der Waals surface area contributed by atoms with Crippen molar-refractivity contribution in [2.24, 2.45) is 0 Å². The number of carbonyl (C=O) groups is 2. The molecule has 0 aliphatic rings. The first-order valence-electron chi connectivity index (χ1n) is 12.4. The van der Waals surface area contributed by atoms with Crippen molar-refractivity contribution < 1.29 is 14.7 Å². The molecule has 0 bridgehead atoms. The molecule has 4 aromatic rings. The minimum Gasteiger partial charge on any atom is -0.506 e. The molecule has 0 saturated heterocycles. The van der Waals surface area contributed by atoms with Gasteiger partial charge in [0.2, 0.25) is 0 Å². The molecule has 0 aliphatic carbocycles. The monoisotopic (exact) mass is 468 g/mol. The molecule has 0 aromatic heterocycles. The number of phenolic OH excluding ortho intramolecular Hbond substituents is 1. The number of benzene rings is 4. The van der Waals surface area contributed by atoms with Gasteiger partial charge in [-0.3, -0.25) is 9.59 Å². The Morgan fingerprint density at radius 2 is 1.46 bits per heavy atom. The average molecular weight is 469 g/mol. The summed E-state index contributed by atoms with van der Waals surface area (Å²) in [6.45, 7) is 2.87. The first-order chi connectivity index (χ1) is 17.1. The molecule has 3 N–H and O–H groups in total. The Hall–Kier alpha value is -3.86. The maximum Gasteiger partial charge on any atom is 0.256 e. The van der Waals surface area contributed by atoms with Crippen LogP contribution in [0, 0.1) is 0 Å². The molecule has 5 nitrogen and oxygen atoms in total. The lowest BCUT2D eigenvalue weighted by molar-refractivity contribution is 0.0952. The SMILES string of the molecule is CCCCCCCCNC(=O)c1ccc2c(C(=O)Nc3cc4ccccc4cc3O)cccc2c1. The molecule has 0 atom stereocenters. The number of phenols is 1. The third kappa shape index (κ3) is 5.99. The van der Waals surface area contributed by atoms with E-state index in [-0.39, 0.29) is 17.6 Å². The van der Waals surface area contributed by atoms with Gasteiger partial charge in [0, 0.05) is 17.7 Å². The highest BCUT2D eigenvalue weighted by Crippen LogP contribution is 2.30. The number of aromatic hydroxyl groups is 1. The number of rotatable bonds is 10. The van der Waals surface area contributed by atoms with Gasteiger partial charge in [0.05, 0.1) is 5.69 Å². The van der Waals surface area contributed by atoms with Crippen molar-refractivity contribution >= 4 is 39.0 Å². The predicted molar refractivity (Wildman–Crippen MR) is 143 cm³/mol. The van der Waals surface area contributed by atoms with Gasteiger partial charge in [0.1, 0.15) is 5.75 Å². The third-order valence-electron chi connectivity index (χ3n) is 6.32. The van der Waals surface area contributed by atoms with E-state index in [9.17, 15) is 14.7 Å². The highest BCUT2D eigenvalue weighted by Gasteiger charge is 2.14. The van der Waals surface area contributed by atoms with Crippen LogP contribution in [0.15, 0.2) is 72.8 Å². The van der Waals surface area contributed by atoms with Gasteiger partial charge in [-0.05, 0) is 58.3 Å². The van der Waals surface area contributed by atoms with Gasteiger partial charge in [0.15, 0.2) is 0 Å². The number of unbranched alkanes of at least 4 members (excludes halogenated alkanes) is 5. The summed E-state index contributed by atoms with van der Waals surface area (Å²) < 4.78 is 0. The van der Waals surface area contributed by atoms with Crippen LogP contribution < -0.4 is 10.6 Å². The minimum absolute atomic E-state index is 0.0154. The summed E-state index contributed by atoms with van der Waals surface area (Å²) in [5, 5.41) is 19.6. The van der Waals surface area contributed by atoms with E-state index in [0.717, 1.165) is 34.4 Å². The highest BCUT2D eigenvalue weighted by molar-refractivity contribution is 6.14. The quantitative estimate of drug-likeness (QED) is 0.172. The van der Waals surface area contributed by atoms with Crippen molar-refractivity contribution in [1.82, 2.24) is 5.32 Å². The normalized spacial score (nSPS) is 11.0. The summed E-state index contributed by atoms with van der Waals surface area (Å²) in [6, 6.07) is 21.9. The standard InChI is InChI=1S/C30H32N2O3/c1-2-3-4-5-6-9-17-31-29(34)24-15-16-25-23(18-24)13-10-14-26(25)30(35)32-27-19-21-11-7-8-12-22(21)20-28(27)33/h7-8,10-16,18-20,33H,2-6,9,17H2,1H3,(H,31,34)(H,32,35). The van der Waals surface area contributed by atoms with E-state index < -0.39 is 0 Å². The second kappa shape index (κ2) is 11.5. The van der Waals surface area contributed by atoms with Crippen molar-refractivity contribution in [3.8, 4) is 5.75 Å². The van der Waals surface area contributed by atoms with E-state index in [1.165, 1.54) is 25.7 Å². The summed E-state index contributed by atoms with van der Waals surface area (Å²) in [5.41, 5.74) is 1.42. The lowest BCUT2D eigenvalue weighted by Crippen LogP contribution is -2.24. The number of fused-ring (bicyclic) bond motifs is 2. The fourth-order valence-corrected chi connectivity index (χ4v) is 4.35. The first kappa shape index (κ1) is 24.3. The summed E-state index contributed by atoms with van der Waals surface area (Å²) in [5.74, 6) is -0.403. The van der Waals surface area contributed by atoms with Gasteiger partial charge in [-0.1, -0.05) is 81.5 Å². The van der Waals surface area contributed by atoms with Crippen LogP contribution in [0.2, 0.25) is 0 Å². The van der Waals surface area contributed by atoms with Crippen molar-refractivity contribution in [3.63, 3.8) is 0 Å². The van der Waals surface area contributed by atoms with Crippen LogP contribution in [0.5, 0.6) is 5.75 Å². The second-order valence-electron chi connectivity index (χ2n) is 8.94. The Bertz CT molecular complexity index is 1350. The number of hydrogen-bond acceptors (Lipinski definition) is 3. The minimum atomic E-state index is -0.318. The van der Waals surface area contributed by atoms with Gasteiger partial charge in [-0.15, -0.1) is 0 Å². The Morgan fingerprint density at radius 3 is 2.26 bits per heavy atom. The number of anilines is 1. The smallest absolute Gasteiger partial charge is 0.256 e. The van der Waals surface area contributed by atoms with Crippen molar-refractivity contribution in [2.45, 2.75) is 45.4 Å². The summed E-state index contributed by atoms with van der Waals surface area (Å²) in [4.78, 5) is 25.7. The van der Waals surface area contributed by atoms with E-state index in [0.29, 0.717) is 23.4 Å². The molecule has 5 heteroatoms. The van der Waals surface area contributed by atoms with E-state index in [1.807, 2.05) is 42.5 Å². The third-order valence-corrected chi connectivity index (χ3v) is 6.32. The molecule has 4 rings (SSSR count). The number of nitrogens with one attached hydrogen (secondary N) is 2. The van der Waals surface area contributed by atoms with Crippen LogP contribution in [0.4, 0.5) is 5.69 Å². The zero-order valence-electron chi connectivity index (χ0n) is 20.1. The molecular formula is C30H32N2O3. The van der Waals surface area contributed by atoms with Gasteiger partial charge in [-0.25, -0.2) is 0 Å². The second-order valence-corrected chi connectivity index (χ2v) is 8.94. The molecule has 180 valence electrons. The van der Waals surface area contributed by atoms with Crippen LogP contribution in [-0.2, 0) is 0 Å². The average Bonchev–Trinajstić information content (AvgIpc) is 2.87. The largest absolute Gasteiger partial charge is 0.506 e. The van der Waals surface area contributed by atoms with Crippen molar-refractivity contribution in [3.05, 3.63) is 83.9 Å². The number of amides is 2. The molecule has 0 aliphatic heterocycles. The summed E-state index contributed by atoms with van der Waals surface area (Å²) >= 11 is 0. The molecule has 35 heavy (non-hydrogen) atoms. The Kier molecular flexibility index (Phi) is 7.99. The summed E-state index contributed by atoms with van der Waals surface area (Å²) in [7, 11) is 0. The van der Waals surface area contributed by atoms with E-state index in [2.05, 4.69) is 17.6 Å². The number of carbonyl (C=O) groups excluding carboxylic acids is 2. The van der Waals surface area contributed by atoms with Gasteiger partial charge in [0.25, 0.3) is 11.8 Å². The van der Waals surface area contributed by atoms with Gasteiger partial charge >= 0.3 is 0 Å². The maximum atomic E-state index is 13.1. The highest BCUT2D eigenvalue weighted by atomic mass is 16.3. The summed E-state index contributed by atoms with van der Waals surface area (Å²) in [6.07, 6.45) is 7.08. The molecule has 4 aromatic carbocycles. The van der Waals surface area contributed by atoms with E-state index in [4.69, 9.17) is 0 Å². The van der Waals surface area contributed by atoms with E-state index >= 15 is 0 Å². The molecule has 0 heterocycles. The lowest BCUT2D eigenvalue weighted by Gasteiger charge is -2.12. The molecule has 0 unspecified atom stereocenters. The fourth-order valence-electron chi connectivity index (χ4n) is 4.35. The van der Waals surface area contributed by atoms with Crippen LogP contribution in [-0.4, -0.2) is 23.5 Å².